The number of carbonyl (C=O) groups excluding carboxylic acids is 1. The first kappa shape index (κ1) is 25.7. The zero-order chi connectivity index (χ0) is 26.7. The van der Waals surface area contributed by atoms with Crippen molar-refractivity contribution in [3.8, 4) is 5.75 Å². The Morgan fingerprint density at radius 1 is 0.974 bits per heavy atom. The highest BCUT2D eigenvalue weighted by atomic mass is 32.2. The molecule has 1 aliphatic rings. The molecule has 0 atom stereocenters. The molecule has 1 N–H and O–H groups in total. The molecule has 38 heavy (non-hydrogen) atoms. The van der Waals surface area contributed by atoms with Crippen molar-refractivity contribution in [1.82, 2.24) is 14.8 Å². The number of benzene rings is 3. The monoisotopic (exact) mass is 530 g/mol. The van der Waals surface area contributed by atoms with E-state index in [0.29, 0.717) is 29.9 Å². The van der Waals surface area contributed by atoms with Gasteiger partial charge >= 0.3 is 0 Å². The van der Waals surface area contributed by atoms with Crippen molar-refractivity contribution >= 4 is 32.5 Å². The molecular weight excluding hydrogens is 500 g/mol. The van der Waals surface area contributed by atoms with Crippen LogP contribution in [0.15, 0.2) is 83.9 Å². The molecule has 1 saturated heterocycles. The average Bonchev–Trinajstić information content (AvgIpc) is 2.93. The van der Waals surface area contributed by atoms with Crippen molar-refractivity contribution in [2.24, 2.45) is 0 Å². The summed E-state index contributed by atoms with van der Waals surface area (Å²) in [6.45, 7) is 5.71. The number of hydrogen-bond donors (Lipinski definition) is 1. The van der Waals surface area contributed by atoms with Crippen molar-refractivity contribution in [1.29, 1.82) is 0 Å². The Morgan fingerprint density at radius 3 is 2.42 bits per heavy atom. The molecule has 0 spiro atoms. The van der Waals surface area contributed by atoms with Crippen LogP contribution in [-0.2, 0) is 16.6 Å². The van der Waals surface area contributed by atoms with Crippen molar-refractivity contribution in [3.63, 3.8) is 0 Å². The zero-order valence-electron chi connectivity index (χ0n) is 21.4. The first-order chi connectivity index (χ1) is 18.3. The summed E-state index contributed by atoms with van der Waals surface area (Å²) in [6, 6.07) is 21.4. The Hall–Kier alpha value is -3.95. The number of nitrogens with one attached hydrogen (secondary N) is 1. The molecule has 3 aromatic carbocycles. The highest BCUT2D eigenvalue weighted by molar-refractivity contribution is 7.93. The number of pyridine rings is 1. The second-order valence-corrected chi connectivity index (χ2v) is 11.0. The number of carbonyl (C=O) groups is 1. The lowest BCUT2D eigenvalue weighted by molar-refractivity contribution is 0.0628. The van der Waals surface area contributed by atoms with Crippen LogP contribution in [0.4, 0.5) is 5.69 Å². The Morgan fingerprint density at radius 2 is 1.71 bits per heavy atom. The largest absolute Gasteiger partial charge is 0.496 e. The second kappa shape index (κ2) is 10.8. The molecule has 2 heterocycles. The average molecular weight is 531 g/mol. The van der Waals surface area contributed by atoms with Gasteiger partial charge in [-0.2, -0.15) is 0 Å². The molecule has 8 nitrogen and oxygen atoms in total. The number of hydrogen-bond acceptors (Lipinski definition) is 6. The highest BCUT2D eigenvalue weighted by Gasteiger charge is 2.23. The van der Waals surface area contributed by atoms with Gasteiger partial charge < -0.3 is 9.64 Å². The quantitative estimate of drug-likeness (QED) is 0.383. The fourth-order valence-electron chi connectivity index (χ4n) is 4.77. The maximum absolute atomic E-state index is 13.1. The van der Waals surface area contributed by atoms with Gasteiger partial charge in [-0.15, -0.1) is 0 Å². The predicted octanol–water partition coefficient (Wildman–Crippen LogP) is 4.31. The number of rotatable bonds is 7. The Bertz CT molecular complexity index is 1560. The lowest BCUT2D eigenvalue weighted by atomic mass is 10.1. The van der Waals surface area contributed by atoms with E-state index >= 15 is 0 Å². The van der Waals surface area contributed by atoms with Gasteiger partial charge in [0.05, 0.1) is 12.6 Å². The van der Waals surface area contributed by atoms with Crippen LogP contribution < -0.4 is 9.46 Å². The van der Waals surface area contributed by atoms with E-state index in [1.54, 1.807) is 49.7 Å². The molecular formula is C29H30N4O4S. The topological polar surface area (TPSA) is 91.8 Å². The van der Waals surface area contributed by atoms with E-state index in [9.17, 15) is 13.2 Å². The second-order valence-electron chi connectivity index (χ2n) is 9.39. The minimum Gasteiger partial charge on any atom is -0.496 e. The molecule has 196 valence electrons. The number of nitrogens with zero attached hydrogens (tertiary/aromatic N) is 3. The Balaban J connectivity index is 1.20. The van der Waals surface area contributed by atoms with Crippen LogP contribution in [0.2, 0.25) is 0 Å². The van der Waals surface area contributed by atoms with Crippen LogP contribution in [0, 0.1) is 6.92 Å². The lowest BCUT2D eigenvalue weighted by Crippen LogP contribution is -2.48. The number of piperazine rings is 1. The van der Waals surface area contributed by atoms with Gasteiger partial charge in [0.2, 0.25) is 0 Å². The van der Waals surface area contributed by atoms with Gasteiger partial charge in [-0.3, -0.25) is 19.4 Å². The van der Waals surface area contributed by atoms with Crippen LogP contribution in [0.25, 0.3) is 10.9 Å². The van der Waals surface area contributed by atoms with E-state index in [0.717, 1.165) is 36.3 Å². The number of para-hydroxylation sites is 1. The normalized spacial score (nSPS) is 14.4. The molecule has 1 amide bonds. The van der Waals surface area contributed by atoms with Crippen LogP contribution in [0.3, 0.4) is 0 Å². The van der Waals surface area contributed by atoms with Gasteiger partial charge in [-0.05, 0) is 60.5 Å². The highest BCUT2D eigenvalue weighted by Crippen LogP contribution is 2.24. The summed E-state index contributed by atoms with van der Waals surface area (Å²) < 4.78 is 34.1. The summed E-state index contributed by atoms with van der Waals surface area (Å²) in [5.41, 5.74) is 3.65. The molecule has 9 heteroatoms. The standard InChI is InChI=1S/C29H30N4O4S/c1-21-19-22(8-13-26(21)37-2)20-32-15-17-33(18-16-32)29(34)24-9-11-25(12-10-24)31-38(35,36)27-7-3-5-23-6-4-14-30-28(23)27/h3-14,19,31H,15-18,20H2,1-2H3. The summed E-state index contributed by atoms with van der Waals surface area (Å²) in [6.07, 6.45) is 1.57. The number of anilines is 1. The Kier molecular flexibility index (Phi) is 7.31. The number of fused-ring (bicyclic) bond motifs is 1. The van der Waals surface area contributed by atoms with Gasteiger partial charge in [-0.1, -0.05) is 30.3 Å². The van der Waals surface area contributed by atoms with Crippen LogP contribution in [0.1, 0.15) is 21.5 Å². The number of methoxy groups -OCH3 is 1. The van der Waals surface area contributed by atoms with Crippen molar-refractivity contribution < 1.29 is 17.9 Å². The Labute approximate surface area is 222 Å². The van der Waals surface area contributed by atoms with Gasteiger partial charge in [0.1, 0.15) is 10.6 Å². The summed E-state index contributed by atoms with van der Waals surface area (Å²) >= 11 is 0. The van der Waals surface area contributed by atoms with E-state index in [-0.39, 0.29) is 10.8 Å². The van der Waals surface area contributed by atoms with E-state index < -0.39 is 10.0 Å². The number of ether oxygens (including phenoxy) is 1. The van der Waals surface area contributed by atoms with Crippen LogP contribution >= 0.6 is 0 Å². The molecule has 1 aromatic heterocycles. The number of sulfonamides is 1. The number of aryl methyl sites for hydroxylation is 1. The zero-order valence-corrected chi connectivity index (χ0v) is 22.2. The van der Waals surface area contributed by atoms with E-state index in [1.165, 1.54) is 11.6 Å². The van der Waals surface area contributed by atoms with Crippen molar-refractivity contribution in [2.45, 2.75) is 18.4 Å². The minimum atomic E-state index is -3.85. The maximum Gasteiger partial charge on any atom is 0.264 e. The molecule has 4 aromatic rings. The first-order valence-electron chi connectivity index (χ1n) is 12.5. The number of amides is 1. The van der Waals surface area contributed by atoms with Crippen molar-refractivity contribution in [3.05, 3.63) is 95.7 Å². The summed E-state index contributed by atoms with van der Waals surface area (Å²) in [7, 11) is -2.18. The summed E-state index contributed by atoms with van der Waals surface area (Å²) in [4.78, 5) is 21.6. The smallest absolute Gasteiger partial charge is 0.264 e. The number of aromatic nitrogens is 1. The van der Waals surface area contributed by atoms with Crippen molar-refractivity contribution in [2.75, 3.05) is 38.0 Å². The molecule has 1 fully saturated rings. The molecule has 5 rings (SSSR count). The van der Waals surface area contributed by atoms with Crippen LogP contribution in [0.5, 0.6) is 5.75 Å². The SMILES string of the molecule is COc1ccc(CN2CCN(C(=O)c3ccc(NS(=O)(=O)c4cccc5cccnc45)cc3)CC2)cc1C. The fraction of sp³-hybridized carbons (Fsp3) is 0.241. The predicted molar refractivity (Wildman–Crippen MR) is 148 cm³/mol. The third-order valence-electron chi connectivity index (χ3n) is 6.79. The summed E-state index contributed by atoms with van der Waals surface area (Å²) in [5.74, 6) is 0.825. The molecule has 0 saturated carbocycles. The lowest BCUT2D eigenvalue weighted by Gasteiger charge is -2.35. The molecule has 0 unspecified atom stereocenters. The molecule has 0 aliphatic carbocycles. The van der Waals surface area contributed by atoms with Crippen LogP contribution in [-0.4, -0.2) is 62.4 Å². The molecule has 0 radical (unpaired) electrons. The molecule has 0 bridgehead atoms. The van der Waals surface area contributed by atoms with E-state index in [4.69, 9.17) is 4.74 Å². The third-order valence-corrected chi connectivity index (χ3v) is 8.21. The summed E-state index contributed by atoms with van der Waals surface area (Å²) in [5, 5.41) is 0.746. The minimum absolute atomic E-state index is 0.0578. The fourth-order valence-corrected chi connectivity index (χ4v) is 6.01. The first-order valence-corrected chi connectivity index (χ1v) is 13.9. The van der Waals surface area contributed by atoms with Gasteiger partial charge in [0.15, 0.2) is 0 Å². The third kappa shape index (κ3) is 5.49. The molecule has 1 aliphatic heterocycles. The van der Waals surface area contributed by atoms with Gasteiger partial charge in [0.25, 0.3) is 15.9 Å². The van der Waals surface area contributed by atoms with E-state index in [1.807, 2.05) is 30.0 Å². The van der Waals surface area contributed by atoms with E-state index in [2.05, 4.69) is 26.7 Å². The van der Waals surface area contributed by atoms with Gasteiger partial charge in [0, 0.05) is 55.6 Å². The van der Waals surface area contributed by atoms with Gasteiger partial charge in [-0.25, -0.2) is 8.42 Å². The maximum atomic E-state index is 13.1.